The largest absolute Gasteiger partial charge is 0.421 e. The van der Waals surface area contributed by atoms with Crippen LogP contribution >= 0.6 is 0 Å². The van der Waals surface area contributed by atoms with Gasteiger partial charge in [0.25, 0.3) is 0 Å². The Morgan fingerprint density at radius 1 is 1.00 bits per heavy atom. The number of oxime groups is 1. The number of hydrogen-bond donors (Lipinski definition) is 0. The lowest BCUT2D eigenvalue weighted by Crippen LogP contribution is -1.99. The normalized spacial score (nSPS) is 11.8. The number of rotatable bonds is 7. The molecule has 0 saturated carbocycles. The van der Waals surface area contributed by atoms with Gasteiger partial charge in [0.1, 0.15) is 6.61 Å². The molecule has 0 aliphatic heterocycles. The van der Waals surface area contributed by atoms with E-state index in [1.54, 1.807) is 6.08 Å². The van der Waals surface area contributed by atoms with Crippen LogP contribution in [0.2, 0.25) is 0 Å². The van der Waals surface area contributed by atoms with Crippen LogP contribution in [0.5, 0.6) is 0 Å². The van der Waals surface area contributed by atoms with Crippen LogP contribution in [0.3, 0.4) is 0 Å². The van der Waals surface area contributed by atoms with E-state index < -0.39 is 0 Å². The Labute approximate surface area is 146 Å². The molecule has 5 heteroatoms. The summed E-state index contributed by atoms with van der Waals surface area (Å²) >= 11 is 0. The van der Waals surface area contributed by atoms with Crippen LogP contribution in [0.15, 0.2) is 70.2 Å². The summed E-state index contributed by atoms with van der Waals surface area (Å²) in [7, 11) is 0. The second-order valence-electron chi connectivity index (χ2n) is 5.40. The molecule has 1 heterocycles. The first-order chi connectivity index (χ1) is 12.3. The van der Waals surface area contributed by atoms with Crippen molar-refractivity contribution in [2.75, 3.05) is 6.61 Å². The van der Waals surface area contributed by atoms with Crippen LogP contribution < -0.4 is 0 Å². The first kappa shape index (κ1) is 16.6. The molecule has 0 unspecified atom stereocenters. The third-order valence-corrected chi connectivity index (χ3v) is 3.50. The summed E-state index contributed by atoms with van der Waals surface area (Å²) in [5.74, 6) is 1.00. The molecule has 0 N–H and O–H groups in total. The summed E-state index contributed by atoms with van der Waals surface area (Å²) in [5.41, 5.74) is 2.95. The molecule has 126 valence electrons. The van der Waals surface area contributed by atoms with E-state index in [-0.39, 0.29) is 0 Å². The number of nitrogens with zero attached hydrogens (tertiary/aromatic N) is 3. The Balaban J connectivity index is 1.48. The molecule has 0 radical (unpaired) electrons. The molecule has 0 aliphatic rings. The zero-order chi connectivity index (χ0) is 17.3. The summed E-state index contributed by atoms with van der Waals surface area (Å²) in [6.07, 6.45) is 4.24. The molecule has 5 nitrogen and oxygen atoms in total. The molecule has 2 aromatic carbocycles. The predicted octanol–water partition coefficient (Wildman–Crippen LogP) is 4.22. The van der Waals surface area contributed by atoms with Crippen molar-refractivity contribution in [2.45, 2.75) is 13.3 Å². The standard InChI is InChI=1S/C20H19N3O2/c1-16(18-10-6-3-7-11-18)23-24-15-14-20-22-21-19(25-20)13-12-17-8-4-2-5-9-17/h2-13H,14-15H2,1H3/b13-12+,23-16+. The van der Waals surface area contributed by atoms with Gasteiger partial charge in [-0.2, -0.15) is 0 Å². The second kappa shape index (κ2) is 8.59. The molecule has 3 aromatic rings. The van der Waals surface area contributed by atoms with Gasteiger partial charge in [-0.1, -0.05) is 65.8 Å². The number of hydrogen-bond acceptors (Lipinski definition) is 5. The Hall–Kier alpha value is -3.21. The van der Waals surface area contributed by atoms with Gasteiger partial charge in [0.15, 0.2) is 0 Å². The monoisotopic (exact) mass is 333 g/mol. The molecule has 0 spiro atoms. The Kier molecular flexibility index (Phi) is 5.72. The summed E-state index contributed by atoms with van der Waals surface area (Å²) in [5, 5.41) is 12.1. The van der Waals surface area contributed by atoms with E-state index >= 15 is 0 Å². The molecule has 1 aromatic heterocycles. The van der Waals surface area contributed by atoms with Crippen molar-refractivity contribution in [1.29, 1.82) is 0 Å². The van der Waals surface area contributed by atoms with E-state index in [1.807, 2.05) is 73.7 Å². The average Bonchev–Trinajstić information content (AvgIpc) is 3.13. The molecular weight excluding hydrogens is 314 g/mol. The van der Waals surface area contributed by atoms with Gasteiger partial charge in [0.05, 0.1) is 12.1 Å². The SMILES string of the molecule is C/C(=N\OCCc1nnc(/C=C/c2ccccc2)o1)c1ccccc1. The van der Waals surface area contributed by atoms with Crippen molar-refractivity contribution < 1.29 is 9.25 Å². The van der Waals surface area contributed by atoms with Crippen molar-refractivity contribution in [3.8, 4) is 0 Å². The van der Waals surface area contributed by atoms with Gasteiger partial charge < -0.3 is 9.25 Å². The minimum atomic E-state index is 0.383. The Morgan fingerprint density at radius 3 is 2.48 bits per heavy atom. The van der Waals surface area contributed by atoms with Gasteiger partial charge in [-0.05, 0) is 24.1 Å². The first-order valence-corrected chi connectivity index (χ1v) is 8.09. The smallest absolute Gasteiger partial charge is 0.240 e. The third kappa shape index (κ3) is 5.14. The van der Waals surface area contributed by atoms with Crippen molar-refractivity contribution in [3.63, 3.8) is 0 Å². The summed E-state index contributed by atoms with van der Waals surface area (Å²) in [6, 6.07) is 19.8. The highest BCUT2D eigenvalue weighted by molar-refractivity contribution is 5.98. The minimum absolute atomic E-state index is 0.383. The minimum Gasteiger partial charge on any atom is -0.421 e. The van der Waals surface area contributed by atoms with Crippen LogP contribution in [0, 0.1) is 0 Å². The lowest BCUT2D eigenvalue weighted by Gasteiger charge is -2.00. The van der Waals surface area contributed by atoms with Gasteiger partial charge in [-0.15, -0.1) is 10.2 Å². The molecule has 3 rings (SSSR count). The summed E-state index contributed by atoms with van der Waals surface area (Å²) < 4.78 is 5.56. The van der Waals surface area contributed by atoms with Gasteiger partial charge in [-0.3, -0.25) is 0 Å². The maximum Gasteiger partial charge on any atom is 0.240 e. The molecule has 25 heavy (non-hydrogen) atoms. The van der Waals surface area contributed by atoms with Crippen molar-refractivity contribution in [3.05, 3.63) is 83.6 Å². The van der Waals surface area contributed by atoms with E-state index in [1.165, 1.54) is 0 Å². The van der Waals surface area contributed by atoms with Crippen LogP contribution in [0.1, 0.15) is 29.8 Å². The number of aromatic nitrogens is 2. The molecule has 0 atom stereocenters. The topological polar surface area (TPSA) is 60.5 Å². The fourth-order valence-electron chi connectivity index (χ4n) is 2.17. The van der Waals surface area contributed by atoms with Crippen LogP contribution in [-0.4, -0.2) is 22.5 Å². The molecule has 0 aliphatic carbocycles. The average molecular weight is 333 g/mol. The predicted molar refractivity (Wildman–Crippen MR) is 98.0 cm³/mol. The maximum absolute atomic E-state index is 5.56. The molecule has 0 fully saturated rings. The van der Waals surface area contributed by atoms with E-state index in [0.29, 0.717) is 24.8 Å². The third-order valence-electron chi connectivity index (χ3n) is 3.50. The lowest BCUT2D eigenvalue weighted by molar-refractivity contribution is 0.142. The number of benzene rings is 2. The van der Waals surface area contributed by atoms with Crippen LogP contribution in [0.4, 0.5) is 0 Å². The summed E-state index contributed by atoms with van der Waals surface area (Å²) in [4.78, 5) is 5.33. The summed E-state index contributed by atoms with van der Waals surface area (Å²) in [6.45, 7) is 2.29. The van der Waals surface area contributed by atoms with Gasteiger partial charge in [0, 0.05) is 6.08 Å². The molecular formula is C20H19N3O2. The van der Waals surface area contributed by atoms with Crippen molar-refractivity contribution in [2.24, 2.45) is 5.16 Å². The highest BCUT2D eigenvalue weighted by Gasteiger charge is 2.04. The van der Waals surface area contributed by atoms with Crippen molar-refractivity contribution >= 4 is 17.9 Å². The quantitative estimate of drug-likeness (QED) is 0.369. The molecule has 0 amide bonds. The van der Waals surface area contributed by atoms with E-state index in [4.69, 9.17) is 9.25 Å². The lowest BCUT2D eigenvalue weighted by atomic mass is 10.1. The molecule has 0 saturated heterocycles. The van der Waals surface area contributed by atoms with E-state index in [2.05, 4.69) is 15.4 Å². The maximum atomic E-state index is 5.56. The zero-order valence-electron chi connectivity index (χ0n) is 14.0. The fourth-order valence-corrected chi connectivity index (χ4v) is 2.17. The Morgan fingerprint density at radius 2 is 1.72 bits per heavy atom. The van der Waals surface area contributed by atoms with Gasteiger partial charge >= 0.3 is 0 Å². The van der Waals surface area contributed by atoms with E-state index in [9.17, 15) is 0 Å². The second-order valence-corrected chi connectivity index (χ2v) is 5.40. The van der Waals surface area contributed by atoms with Crippen LogP contribution in [0.25, 0.3) is 12.2 Å². The van der Waals surface area contributed by atoms with Gasteiger partial charge in [0.2, 0.25) is 11.8 Å². The zero-order valence-corrected chi connectivity index (χ0v) is 14.0. The van der Waals surface area contributed by atoms with E-state index in [0.717, 1.165) is 16.8 Å². The first-order valence-electron chi connectivity index (χ1n) is 8.09. The van der Waals surface area contributed by atoms with Crippen LogP contribution in [-0.2, 0) is 11.3 Å². The fraction of sp³-hybridized carbons (Fsp3) is 0.150. The Bertz CT molecular complexity index is 840. The highest BCUT2D eigenvalue weighted by atomic mass is 16.6. The van der Waals surface area contributed by atoms with Gasteiger partial charge in [-0.25, -0.2) is 0 Å². The van der Waals surface area contributed by atoms with Crippen molar-refractivity contribution in [1.82, 2.24) is 10.2 Å². The highest BCUT2D eigenvalue weighted by Crippen LogP contribution is 2.08. The molecule has 0 bridgehead atoms.